The van der Waals surface area contributed by atoms with Crippen LogP contribution in [0.3, 0.4) is 0 Å². The minimum absolute atomic E-state index is 0.0333. The normalized spacial score (nSPS) is 16.7. The zero-order chi connectivity index (χ0) is 13.1. The summed E-state index contributed by atoms with van der Waals surface area (Å²) in [5.74, 6) is 1.06. The Morgan fingerprint density at radius 3 is 2.67 bits per heavy atom. The van der Waals surface area contributed by atoms with Crippen molar-refractivity contribution >= 4 is 11.5 Å². The lowest BCUT2D eigenvalue weighted by molar-refractivity contribution is 0.363. The summed E-state index contributed by atoms with van der Waals surface area (Å²) >= 11 is 0. The third-order valence-electron chi connectivity index (χ3n) is 3.36. The molecule has 3 N–H and O–H groups in total. The van der Waals surface area contributed by atoms with E-state index in [9.17, 15) is 0 Å². The van der Waals surface area contributed by atoms with Crippen LogP contribution in [0.4, 0.5) is 5.69 Å². The fraction of sp³-hybridized carbons (Fsp3) is 0.500. The van der Waals surface area contributed by atoms with Crippen molar-refractivity contribution in [2.75, 3.05) is 25.0 Å². The number of nitrogens with two attached hydrogens (primary N) is 1. The van der Waals surface area contributed by atoms with Gasteiger partial charge in [0.25, 0.3) is 0 Å². The van der Waals surface area contributed by atoms with Gasteiger partial charge in [0.15, 0.2) is 0 Å². The Kier molecular flexibility index (Phi) is 3.87. The summed E-state index contributed by atoms with van der Waals surface area (Å²) in [5.41, 5.74) is 9.67. The van der Waals surface area contributed by atoms with E-state index < -0.39 is 0 Å². The van der Waals surface area contributed by atoms with Crippen LogP contribution in [0.1, 0.15) is 18.1 Å². The molecule has 1 heterocycles. The summed E-state index contributed by atoms with van der Waals surface area (Å²) in [7, 11) is 0. The molecule has 1 aromatic rings. The molecule has 4 nitrogen and oxygen atoms in total. The van der Waals surface area contributed by atoms with E-state index in [4.69, 9.17) is 5.73 Å². The number of para-hydroxylation sites is 1. The van der Waals surface area contributed by atoms with Gasteiger partial charge in [0, 0.05) is 12.2 Å². The Morgan fingerprint density at radius 1 is 1.39 bits per heavy atom. The predicted molar refractivity (Wildman–Crippen MR) is 77.1 cm³/mol. The van der Waals surface area contributed by atoms with E-state index in [1.807, 2.05) is 6.92 Å². The van der Waals surface area contributed by atoms with Crippen LogP contribution in [0, 0.1) is 13.8 Å². The predicted octanol–water partition coefficient (Wildman–Crippen LogP) is 1.73. The highest BCUT2D eigenvalue weighted by molar-refractivity contribution is 5.88. The molecule has 0 aromatic heterocycles. The second-order valence-electron chi connectivity index (χ2n) is 4.85. The highest BCUT2D eigenvalue weighted by atomic mass is 15.3. The van der Waals surface area contributed by atoms with Crippen LogP contribution >= 0.6 is 0 Å². The van der Waals surface area contributed by atoms with Crippen molar-refractivity contribution in [3.05, 3.63) is 29.3 Å². The maximum atomic E-state index is 5.93. The van der Waals surface area contributed by atoms with Gasteiger partial charge in [-0.25, -0.2) is 0 Å². The van der Waals surface area contributed by atoms with Crippen molar-refractivity contribution in [3.8, 4) is 0 Å². The first-order chi connectivity index (χ1) is 8.59. The third-order valence-corrected chi connectivity index (χ3v) is 3.36. The van der Waals surface area contributed by atoms with Gasteiger partial charge in [-0.05, 0) is 31.9 Å². The van der Waals surface area contributed by atoms with E-state index >= 15 is 0 Å². The fourth-order valence-electron chi connectivity index (χ4n) is 2.36. The number of aliphatic imine (C=N–C) groups is 1. The van der Waals surface area contributed by atoms with Gasteiger partial charge in [0.1, 0.15) is 5.84 Å². The molecule has 18 heavy (non-hydrogen) atoms. The van der Waals surface area contributed by atoms with Crippen molar-refractivity contribution in [2.45, 2.75) is 26.9 Å². The maximum absolute atomic E-state index is 5.93. The molecule has 1 atom stereocenters. The molecule has 0 saturated carbocycles. The summed E-state index contributed by atoms with van der Waals surface area (Å²) in [6.45, 7) is 8.77. The van der Waals surface area contributed by atoms with E-state index in [2.05, 4.69) is 47.3 Å². The molecule has 0 saturated heterocycles. The molecule has 0 radical (unpaired) electrons. The molecule has 0 spiro atoms. The molecular formula is C14H22N4. The van der Waals surface area contributed by atoms with Gasteiger partial charge in [0.05, 0.1) is 19.3 Å². The van der Waals surface area contributed by atoms with Crippen LogP contribution in [-0.2, 0) is 0 Å². The topological polar surface area (TPSA) is 53.7 Å². The lowest BCUT2D eigenvalue weighted by Crippen LogP contribution is -2.44. The molecule has 0 bridgehead atoms. The van der Waals surface area contributed by atoms with Crippen molar-refractivity contribution in [1.29, 1.82) is 0 Å². The number of amidine groups is 1. The van der Waals surface area contributed by atoms with Gasteiger partial charge < -0.3 is 16.0 Å². The van der Waals surface area contributed by atoms with Gasteiger partial charge in [0.2, 0.25) is 0 Å². The molecule has 98 valence electrons. The lowest BCUT2D eigenvalue weighted by atomic mass is 10.1. The highest BCUT2D eigenvalue weighted by Gasteiger charge is 2.19. The van der Waals surface area contributed by atoms with Crippen LogP contribution in [0.15, 0.2) is 23.2 Å². The minimum atomic E-state index is 0.0333. The first kappa shape index (κ1) is 12.9. The summed E-state index contributed by atoms with van der Waals surface area (Å²) in [5, 5.41) is 3.48. The minimum Gasteiger partial charge on any atom is -0.377 e. The summed E-state index contributed by atoms with van der Waals surface area (Å²) in [4.78, 5) is 6.67. The first-order valence-corrected chi connectivity index (χ1v) is 6.45. The van der Waals surface area contributed by atoms with Gasteiger partial charge in [-0.15, -0.1) is 0 Å². The Hall–Kier alpha value is -1.55. The number of hydrogen-bond acceptors (Lipinski definition) is 4. The van der Waals surface area contributed by atoms with Crippen molar-refractivity contribution in [2.24, 2.45) is 10.7 Å². The average Bonchev–Trinajstić information content (AvgIpc) is 2.76. The van der Waals surface area contributed by atoms with E-state index in [-0.39, 0.29) is 6.17 Å². The Morgan fingerprint density at radius 2 is 2.06 bits per heavy atom. The van der Waals surface area contributed by atoms with Gasteiger partial charge >= 0.3 is 0 Å². The van der Waals surface area contributed by atoms with Crippen LogP contribution in [0.5, 0.6) is 0 Å². The Bertz CT molecular complexity index is 431. The highest BCUT2D eigenvalue weighted by Crippen LogP contribution is 2.19. The van der Waals surface area contributed by atoms with Crippen LogP contribution in [0.25, 0.3) is 0 Å². The van der Waals surface area contributed by atoms with Gasteiger partial charge in [-0.2, -0.15) is 0 Å². The van der Waals surface area contributed by atoms with Crippen molar-refractivity contribution in [3.63, 3.8) is 0 Å². The Balaban J connectivity index is 2.04. The monoisotopic (exact) mass is 246 g/mol. The number of aryl methyl sites for hydroxylation is 2. The third kappa shape index (κ3) is 2.64. The largest absolute Gasteiger partial charge is 0.377 e. The average molecular weight is 246 g/mol. The van der Waals surface area contributed by atoms with E-state index in [0.29, 0.717) is 0 Å². The molecule has 4 heteroatoms. The zero-order valence-corrected chi connectivity index (χ0v) is 11.4. The Labute approximate surface area is 109 Å². The molecule has 2 rings (SSSR count). The quantitative estimate of drug-likeness (QED) is 0.850. The summed E-state index contributed by atoms with van der Waals surface area (Å²) in [6, 6.07) is 6.32. The molecule has 0 aliphatic carbocycles. The second-order valence-corrected chi connectivity index (χ2v) is 4.85. The first-order valence-electron chi connectivity index (χ1n) is 6.45. The zero-order valence-electron chi connectivity index (χ0n) is 11.4. The van der Waals surface area contributed by atoms with Crippen LogP contribution in [-0.4, -0.2) is 36.5 Å². The number of benzene rings is 1. The summed E-state index contributed by atoms with van der Waals surface area (Å²) < 4.78 is 0. The number of rotatable bonds is 4. The summed E-state index contributed by atoms with van der Waals surface area (Å²) in [6.07, 6.45) is 0.0333. The number of nitrogens with one attached hydrogen (secondary N) is 1. The molecule has 1 unspecified atom stereocenters. The maximum Gasteiger partial charge on any atom is 0.120 e. The van der Waals surface area contributed by atoms with Gasteiger partial charge in [-0.3, -0.25) is 4.99 Å². The van der Waals surface area contributed by atoms with Gasteiger partial charge in [-0.1, -0.05) is 18.2 Å². The number of anilines is 1. The smallest absolute Gasteiger partial charge is 0.120 e. The van der Waals surface area contributed by atoms with Crippen molar-refractivity contribution in [1.82, 2.24) is 4.90 Å². The fourth-order valence-corrected chi connectivity index (χ4v) is 2.36. The van der Waals surface area contributed by atoms with E-state index in [0.717, 1.165) is 25.5 Å². The molecule has 1 aliphatic rings. The van der Waals surface area contributed by atoms with Crippen LogP contribution < -0.4 is 11.1 Å². The molecule has 0 amide bonds. The number of hydrogen-bond donors (Lipinski definition) is 2. The van der Waals surface area contributed by atoms with E-state index in [1.54, 1.807) is 0 Å². The standard InChI is InChI=1S/C14H22N4/c1-10-5-4-6-11(2)14(10)17-9-13-16-7-8-18(13)12(3)15/h4-6,12,17H,7-9,15H2,1-3H3. The molecular weight excluding hydrogens is 224 g/mol. The molecule has 1 aromatic carbocycles. The lowest BCUT2D eigenvalue weighted by Gasteiger charge is -2.25. The van der Waals surface area contributed by atoms with Crippen LogP contribution in [0.2, 0.25) is 0 Å². The SMILES string of the molecule is Cc1cccc(C)c1NCC1=NCCN1C(C)N. The second kappa shape index (κ2) is 5.40. The number of nitrogens with zero attached hydrogens (tertiary/aromatic N) is 2. The van der Waals surface area contributed by atoms with E-state index in [1.165, 1.54) is 16.8 Å². The molecule has 0 fully saturated rings. The molecule has 1 aliphatic heterocycles. The van der Waals surface area contributed by atoms with Crippen molar-refractivity contribution < 1.29 is 0 Å².